The Morgan fingerprint density at radius 2 is 2.05 bits per heavy atom. The van der Waals surface area contributed by atoms with Gasteiger partial charge in [0.1, 0.15) is 0 Å². The third-order valence-electron chi connectivity index (χ3n) is 3.44. The Hall–Kier alpha value is -2.01. The number of carbonyl (C=O) groups is 1. The highest BCUT2D eigenvalue weighted by atomic mass is 32.1. The lowest BCUT2D eigenvalue weighted by Crippen LogP contribution is -2.36. The summed E-state index contributed by atoms with van der Waals surface area (Å²) in [5.41, 5.74) is 4.73. The van der Waals surface area contributed by atoms with Crippen molar-refractivity contribution in [3.63, 3.8) is 0 Å². The molecule has 0 fully saturated rings. The van der Waals surface area contributed by atoms with E-state index in [2.05, 4.69) is 57.5 Å². The molecular weight excluding hydrogens is 294 g/mol. The van der Waals surface area contributed by atoms with Gasteiger partial charge < -0.3 is 15.5 Å². The second kappa shape index (κ2) is 7.84. The van der Waals surface area contributed by atoms with E-state index in [9.17, 15) is 4.79 Å². The number of urea groups is 1. The fourth-order valence-electron chi connectivity index (χ4n) is 2.23. The molecule has 0 spiro atoms. The molecule has 1 aromatic heterocycles. The van der Waals surface area contributed by atoms with Gasteiger partial charge in [-0.2, -0.15) is 11.3 Å². The van der Waals surface area contributed by atoms with Gasteiger partial charge in [0, 0.05) is 32.9 Å². The minimum atomic E-state index is -0.125. The molecule has 2 aromatic rings. The molecule has 1 heterocycles. The molecule has 5 heteroatoms. The van der Waals surface area contributed by atoms with Gasteiger partial charge in [0.15, 0.2) is 0 Å². The third kappa shape index (κ3) is 4.77. The second-order valence-electron chi connectivity index (χ2n) is 5.52. The van der Waals surface area contributed by atoms with Crippen LogP contribution in [0.15, 0.2) is 35.0 Å². The first kappa shape index (κ1) is 16.4. The van der Waals surface area contributed by atoms with E-state index in [1.807, 2.05) is 14.1 Å². The smallest absolute Gasteiger partial charge is 0.315 e. The molecule has 0 bridgehead atoms. The maximum absolute atomic E-state index is 11.9. The van der Waals surface area contributed by atoms with E-state index in [1.54, 1.807) is 11.3 Å². The van der Waals surface area contributed by atoms with Gasteiger partial charge in [-0.05, 0) is 52.9 Å². The number of carbonyl (C=O) groups excluding carboxylic acids is 1. The molecule has 0 saturated heterocycles. The van der Waals surface area contributed by atoms with Crippen LogP contribution in [0.3, 0.4) is 0 Å². The molecular formula is C17H23N3OS. The zero-order chi connectivity index (χ0) is 15.9. The molecule has 0 saturated carbocycles. The van der Waals surface area contributed by atoms with Crippen molar-refractivity contribution in [2.45, 2.75) is 19.9 Å². The Labute approximate surface area is 136 Å². The van der Waals surface area contributed by atoms with Crippen LogP contribution in [0.2, 0.25) is 0 Å². The Morgan fingerprint density at radius 3 is 2.73 bits per heavy atom. The Balaban J connectivity index is 1.81. The summed E-state index contributed by atoms with van der Waals surface area (Å²) in [6.45, 7) is 3.25. The lowest BCUT2D eigenvalue weighted by molar-refractivity contribution is 0.240. The van der Waals surface area contributed by atoms with Crippen LogP contribution in [0.4, 0.5) is 10.5 Å². The van der Waals surface area contributed by atoms with Crippen LogP contribution >= 0.6 is 11.3 Å². The zero-order valence-electron chi connectivity index (χ0n) is 13.3. The molecule has 0 aliphatic heterocycles. The van der Waals surface area contributed by atoms with Crippen molar-refractivity contribution in [2.24, 2.45) is 0 Å². The normalized spacial score (nSPS) is 10.3. The topological polar surface area (TPSA) is 44.4 Å². The van der Waals surface area contributed by atoms with E-state index in [-0.39, 0.29) is 6.03 Å². The predicted octanol–water partition coefficient (Wildman–Crippen LogP) is 3.16. The minimum absolute atomic E-state index is 0.125. The van der Waals surface area contributed by atoms with Gasteiger partial charge in [0.05, 0.1) is 0 Å². The number of thiophene rings is 1. The minimum Gasteiger partial charge on any atom is -0.377 e. The molecule has 2 N–H and O–H groups in total. The molecule has 2 amide bonds. The number of nitrogens with one attached hydrogen (secondary N) is 2. The molecule has 2 rings (SSSR count). The summed E-state index contributed by atoms with van der Waals surface area (Å²) >= 11 is 1.68. The summed E-state index contributed by atoms with van der Waals surface area (Å²) in [5.74, 6) is 0. The number of hydrogen-bond donors (Lipinski definition) is 2. The highest BCUT2D eigenvalue weighted by Crippen LogP contribution is 2.20. The quantitative estimate of drug-likeness (QED) is 0.859. The first-order chi connectivity index (χ1) is 10.6. The van der Waals surface area contributed by atoms with E-state index in [1.165, 1.54) is 11.1 Å². The van der Waals surface area contributed by atoms with Crippen LogP contribution in [0.25, 0.3) is 0 Å². The number of rotatable bonds is 6. The van der Waals surface area contributed by atoms with Gasteiger partial charge in [-0.1, -0.05) is 12.1 Å². The maximum Gasteiger partial charge on any atom is 0.315 e. The van der Waals surface area contributed by atoms with Gasteiger partial charge in [0.2, 0.25) is 0 Å². The van der Waals surface area contributed by atoms with Gasteiger partial charge in [-0.3, -0.25) is 0 Å². The summed E-state index contributed by atoms with van der Waals surface area (Å²) in [6, 6.07) is 8.22. The summed E-state index contributed by atoms with van der Waals surface area (Å²) in [7, 11) is 4.03. The zero-order valence-corrected chi connectivity index (χ0v) is 14.2. The average molecular weight is 317 g/mol. The number of benzene rings is 1. The number of aryl methyl sites for hydroxylation is 1. The summed E-state index contributed by atoms with van der Waals surface area (Å²) in [6.07, 6.45) is 0.865. The van der Waals surface area contributed by atoms with Crippen molar-refractivity contribution in [2.75, 3.05) is 25.5 Å². The Morgan fingerprint density at radius 1 is 1.23 bits per heavy atom. The van der Waals surface area contributed by atoms with Gasteiger partial charge in [-0.15, -0.1) is 0 Å². The molecule has 22 heavy (non-hydrogen) atoms. The van der Waals surface area contributed by atoms with Crippen LogP contribution < -0.4 is 15.5 Å². The van der Waals surface area contributed by atoms with E-state index in [0.717, 1.165) is 17.7 Å². The standard InChI is InChI=1S/C17H23N3OS/c1-13-4-5-15(16(10-13)20(2)3)11-19-17(21)18-8-6-14-7-9-22-12-14/h4-5,7,9-10,12H,6,8,11H2,1-3H3,(H2,18,19,21). The highest BCUT2D eigenvalue weighted by molar-refractivity contribution is 7.07. The first-order valence-electron chi connectivity index (χ1n) is 7.36. The summed E-state index contributed by atoms with van der Waals surface area (Å²) in [4.78, 5) is 13.9. The van der Waals surface area contributed by atoms with Gasteiger partial charge in [0.25, 0.3) is 0 Å². The largest absolute Gasteiger partial charge is 0.377 e. The highest BCUT2D eigenvalue weighted by Gasteiger charge is 2.07. The molecule has 0 radical (unpaired) electrons. The van der Waals surface area contributed by atoms with Crippen molar-refractivity contribution < 1.29 is 4.79 Å². The van der Waals surface area contributed by atoms with E-state index < -0.39 is 0 Å². The SMILES string of the molecule is Cc1ccc(CNC(=O)NCCc2ccsc2)c(N(C)C)c1. The lowest BCUT2D eigenvalue weighted by Gasteiger charge is -2.18. The summed E-state index contributed by atoms with van der Waals surface area (Å²) in [5, 5.41) is 9.97. The van der Waals surface area contributed by atoms with Crippen LogP contribution in [0, 0.1) is 6.92 Å². The number of amides is 2. The van der Waals surface area contributed by atoms with Crippen molar-refractivity contribution in [3.05, 3.63) is 51.7 Å². The third-order valence-corrected chi connectivity index (χ3v) is 4.17. The molecule has 0 unspecified atom stereocenters. The fourth-order valence-corrected chi connectivity index (χ4v) is 2.94. The molecule has 118 valence electrons. The molecule has 0 aliphatic rings. The van der Waals surface area contributed by atoms with Crippen LogP contribution in [0.5, 0.6) is 0 Å². The predicted molar refractivity (Wildman–Crippen MR) is 93.8 cm³/mol. The molecule has 4 nitrogen and oxygen atoms in total. The van der Waals surface area contributed by atoms with E-state index >= 15 is 0 Å². The van der Waals surface area contributed by atoms with Gasteiger partial charge in [-0.25, -0.2) is 4.79 Å². The van der Waals surface area contributed by atoms with Crippen LogP contribution in [0.1, 0.15) is 16.7 Å². The number of hydrogen-bond acceptors (Lipinski definition) is 3. The first-order valence-corrected chi connectivity index (χ1v) is 8.30. The Kier molecular flexibility index (Phi) is 5.83. The van der Waals surface area contributed by atoms with Crippen LogP contribution in [-0.4, -0.2) is 26.7 Å². The molecule has 1 aromatic carbocycles. The molecule has 0 atom stereocenters. The van der Waals surface area contributed by atoms with Crippen LogP contribution in [-0.2, 0) is 13.0 Å². The number of nitrogens with zero attached hydrogens (tertiary/aromatic N) is 1. The van der Waals surface area contributed by atoms with E-state index in [0.29, 0.717) is 13.1 Å². The van der Waals surface area contributed by atoms with Crippen molar-refractivity contribution in [1.29, 1.82) is 0 Å². The van der Waals surface area contributed by atoms with Crippen molar-refractivity contribution in [3.8, 4) is 0 Å². The van der Waals surface area contributed by atoms with Gasteiger partial charge >= 0.3 is 6.03 Å². The maximum atomic E-state index is 11.9. The molecule has 0 aliphatic carbocycles. The monoisotopic (exact) mass is 317 g/mol. The summed E-state index contributed by atoms with van der Waals surface area (Å²) < 4.78 is 0. The number of anilines is 1. The average Bonchev–Trinajstić information content (AvgIpc) is 2.99. The van der Waals surface area contributed by atoms with Crippen molar-refractivity contribution in [1.82, 2.24) is 10.6 Å². The lowest BCUT2D eigenvalue weighted by atomic mass is 10.1. The Bertz CT molecular complexity index is 608. The fraction of sp³-hybridized carbons (Fsp3) is 0.353. The van der Waals surface area contributed by atoms with E-state index in [4.69, 9.17) is 0 Å². The van der Waals surface area contributed by atoms with Crippen molar-refractivity contribution >= 4 is 23.1 Å². The second-order valence-corrected chi connectivity index (χ2v) is 6.30.